The number of alkyl halides is 3. The van der Waals surface area contributed by atoms with Gasteiger partial charge in [-0.25, -0.2) is 17.9 Å². The quantitative estimate of drug-likeness (QED) is 0.553. The first kappa shape index (κ1) is 20.8. The highest BCUT2D eigenvalue weighted by atomic mass is 32.2. The summed E-state index contributed by atoms with van der Waals surface area (Å²) < 4.78 is 66.4. The number of carbonyl (C=O) groups excluding carboxylic acids is 1. The van der Waals surface area contributed by atoms with Crippen LogP contribution in [0.4, 0.5) is 13.2 Å². The Labute approximate surface area is 156 Å². The van der Waals surface area contributed by atoms with Crippen LogP contribution >= 0.6 is 0 Å². The summed E-state index contributed by atoms with van der Waals surface area (Å²) in [6.45, 7) is -0.0640. The molecule has 0 radical (unpaired) electrons. The first-order valence-electron chi connectivity index (χ1n) is 9.35. The Bertz CT molecular complexity index is 651. The molecule has 7 nitrogen and oxygen atoms in total. The molecule has 2 aliphatic carbocycles. The predicted octanol–water partition coefficient (Wildman–Crippen LogP) is 0.554. The smallest absolute Gasteiger partial charge is 0.304 e. The van der Waals surface area contributed by atoms with Crippen LogP contribution in [0.15, 0.2) is 0 Å². The zero-order valence-corrected chi connectivity index (χ0v) is 15.7. The van der Waals surface area contributed by atoms with Gasteiger partial charge in [0.25, 0.3) is 0 Å². The average Bonchev–Trinajstić information content (AvgIpc) is 2.84. The third-order valence-electron chi connectivity index (χ3n) is 5.94. The summed E-state index contributed by atoms with van der Waals surface area (Å²) in [7, 11) is -4.13. The summed E-state index contributed by atoms with van der Waals surface area (Å²) in [5.41, 5.74) is 0. The maximum Gasteiger partial charge on any atom is 0.304 e. The van der Waals surface area contributed by atoms with Crippen LogP contribution in [0.5, 0.6) is 0 Å². The standard InChI is InChI=1S/C16H26F3N3O4S/c17-13(18)2-1-5-20-10-4-3-9-6-12(23)16(15(19)11(9)7-10)22-8-14(24)21-27(22,25)26/h9-13,15-16,20,23H,1-8H2,(H,21,24). The van der Waals surface area contributed by atoms with Crippen molar-refractivity contribution in [3.05, 3.63) is 0 Å². The first-order chi connectivity index (χ1) is 12.7. The van der Waals surface area contributed by atoms with E-state index in [2.05, 4.69) is 5.32 Å². The van der Waals surface area contributed by atoms with Gasteiger partial charge >= 0.3 is 10.2 Å². The number of hydrogen-bond donors (Lipinski definition) is 3. The van der Waals surface area contributed by atoms with Crippen LogP contribution in [-0.4, -0.2) is 67.6 Å². The van der Waals surface area contributed by atoms with Gasteiger partial charge in [0.15, 0.2) is 0 Å². The summed E-state index contributed by atoms with van der Waals surface area (Å²) in [6, 6.07) is -1.30. The molecule has 3 N–H and O–H groups in total. The van der Waals surface area contributed by atoms with Crippen molar-refractivity contribution in [2.75, 3.05) is 13.1 Å². The highest BCUT2D eigenvalue weighted by molar-refractivity contribution is 7.88. The lowest BCUT2D eigenvalue weighted by Crippen LogP contribution is -2.59. The number of rotatable bonds is 6. The van der Waals surface area contributed by atoms with Crippen molar-refractivity contribution in [2.45, 2.75) is 69.3 Å². The minimum atomic E-state index is -4.13. The number of nitrogens with one attached hydrogen (secondary N) is 2. The van der Waals surface area contributed by atoms with Crippen LogP contribution in [0, 0.1) is 11.8 Å². The van der Waals surface area contributed by atoms with Crippen LogP contribution < -0.4 is 10.0 Å². The van der Waals surface area contributed by atoms with E-state index in [1.807, 2.05) is 4.72 Å². The SMILES string of the molecule is O=C1CN(C2C(O)CC3CCC(NCCCC(F)F)CC3C2F)S(=O)(=O)N1. The van der Waals surface area contributed by atoms with E-state index in [4.69, 9.17) is 0 Å². The van der Waals surface area contributed by atoms with Crippen LogP contribution in [0.25, 0.3) is 0 Å². The summed E-state index contributed by atoms with van der Waals surface area (Å²) >= 11 is 0. The molecule has 1 amide bonds. The second-order valence-corrected chi connectivity index (χ2v) is 9.36. The molecule has 11 heteroatoms. The number of aliphatic hydroxyl groups is 1. The molecular formula is C16H26F3N3O4S. The van der Waals surface area contributed by atoms with Crippen molar-refractivity contribution in [1.29, 1.82) is 0 Å². The number of carbonyl (C=O) groups is 1. The molecule has 2 saturated carbocycles. The monoisotopic (exact) mass is 413 g/mol. The summed E-state index contributed by atoms with van der Waals surface area (Å²) in [6.07, 6.45) is -2.74. The molecule has 1 saturated heterocycles. The first-order valence-corrected chi connectivity index (χ1v) is 10.8. The summed E-state index contributed by atoms with van der Waals surface area (Å²) in [5, 5.41) is 13.6. The normalized spacial score (nSPS) is 39.4. The van der Waals surface area contributed by atoms with Crippen molar-refractivity contribution in [3.63, 3.8) is 0 Å². The van der Waals surface area contributed by atoms with Gasteiger partial charge < -0.3 is 10.4 Å². The van der Waals surface area contributed by atoms with Crippen LogP contribution in [0.1, 0.15) is 38.5 Å². The number of halogens is 3. The number of fused-ring (bicyclic) bond motifs is 1. The van der Waals surface area contributed by atoms with Crippen molar-refractivity contribution in [1.82, 2.24) is 14.3 Å². The third-order valence-corrected chi connectivity index (χ3v) is 7.41. The third kappa shape index (κ3) is 4.57. The van der Waals surface area contributed by atoms with Gasteiger partial charge in [-0.2, -0.15) is 12.7 Å². The molecule has 0 aromatic carbocycles. The van der Waals surface area contributed by atoms with Crippen molar-refractivity contribution in [3.8, 4) is 0 Å². The lowest BCUT2D eigenvalue weighted by molar-refractivity contribution is -0.119. The molecule has 3 aliphatic rings. The molecule has 27 heavy (non-hydrogen) atoms. The van der Waals surface area contributed by atoms with E-state index in [9.17, 15) is 27.1 Å². The Kier molecular flexibility index (Phi) is 6.34. The fourth-order valence-corrected chi connectivity index (χ4v) is 6.03. The second kappa shape index (κ2) is 8.22. The second-order valence-electron chi connectivity index (χ2n) is 7.73. The minimum Gasteiger partial charge on any atom is -0.391 e. The number of hydrogen-bond acceptors (Lipinski definition) is 5. The van der Waals surface area contributed by atoms with Crippen LogP contribution in [-0.2, 0) is 15.0 Å². The van der Waals surface area contributed by atoms with Gasteiger partial charge in [0, 0.05) is 12.5 Å². The molecule has 0 spiro atoms. The molecule has 3 rings (SSSR count). The predicted molar refractivity (Wildman–Crippen MR) is 90.9 cm³/mol. The molecular weight excluding hydrogens is 387 g/mol. The van der Waals surface area contributed by atoms with Gasteiger partial charge in [-0.05, 0) is 50.5 Å². The summed E-state index contributed by atoms with van der Waals surface area (Å²) in [5.74, 6) is -1.23. The van der Waals surface area contributed by atoms with E-state index in [0.717, 1.165) is 10.7 Å². The van der Waals surface area contributed by atoms with E-state index in [1.165, 1.54) is 0 Å². The number of aliphatic hydroxyl groups excluding tert-OH is 1. The van der Waals surface area contributed by atoms with Crippen molar-refractivity contribution in [2.24, 2.45) is 11.8 Å². The molecule has 6 unspecified atom stereocenters. The Morgan fingerprint density at radius 1 is 1.30 bits per heavy atom. The minimum absolute atomic E-state index is 0.0204. The van der Waals surface area contributed by atoms with Crippen LogP contribution in [0.2, 0.25) is 0 Å². The van der Waals surface area contributed by atoms with Gasteiger partial charge in [0.1, 0.15) is 6.17 Å². The van der Waals surface area contributed by atoms with Gasteiger partial charge in [-0.3, -0.25) is 4.79 Å². The van der Waals surface area contributed by atoms with Crippen molar-refractivity contribution >= 4 is 16.1 Å². The molecule has 0 bridgehead atoms. The Morgan fingerprint density at radius 3 is 2.67 bits per heavy atom. The lowest BCUT2D eigenvalue weighted by atomic mass is 9.66. The van der Waals surface area contributed by atoms with Gasteiger partial charge in [0.2, 0.25) is 12.3 Å². The average molecular weight is 413 g/mol. The molecule has 1 heterocycles. The maximum atomic E-state index is 15.3. The summed E-state index contributed by atoms with van der Waals surface area (Å²) in [4.78, 5) is 11.5. The largest absolute Gasteiger partial charge is 0.391 e. The Morgan fingerprint density at radius 2 is 2.04 bits per heavy atom. The van der Waals surface area contributed by atoms with Crippen LogP contribution in [0.3, 0.4) is 0 Å². The maximum absolute atomic E-state index is 15.3. The van der Waals surface area contributed by atoms with E-state index in [-0.39, 0.29) is 24.8 Å². The lowest BCUT2D eigenvalue weighted by Gasteiger charge is -2.48. The van der Waals surface area contributed by atoms with E-state index >= 15 is 4.39 Å². The van der Waals surface area contributed by atoms with Gasteiger partial charge in [-0.1, -0.05) is 0 Å². The van der Waals surface area contributed by atoms with E-state index < -0.39 is 53.3 Å². The zero-order chi connectivity index (χ0) is 19.8. The van der Waals surface area contributed by atoms with E-state index in [1.54, 1.807) is 0 Å². The molecule has 3 fully saturated rings. The number of nitrogens with zero attached hydrogens (tertiary/aromatic N) is 1. The fourth-order valence-electron chi connectivity index (χ4n) is 4.69. The zero-order valence-electron chi connectivity index (χ0n) is 14.9. The molecule has 0 aromatic heterocycles. The Balaban J connectivity index is 1.64. The fraction of sp³-hybridized carbons (Fsp3) is 0.938. The number of amides is 1. The van der Waals surface area contributed by atoms with E-state index in [0.29, 0.717) is 25.8 Å². The van der Waals surface area contributed by atoms with Gasteiger partial charge in [-0.15, -0.1) is 0 Å². The molecule has 156 valence electrons. The molecule has 0 aromatic rings. The van der Waals surface area contributed by atoms with Gasteiger partial charge in [0.05, 0.1) is 18.7 Å². The molecule has 6 atom stereocenters. The topological polar surface area (TPSA) is 98.7 Å². The van der Waals surface area contributed by atoms with Crippen molar-refractivity contribution < 1.29 is 31.5 Å². The molecule has 1 aliphatic heterocycles. The Hall–Kier alpha value is -0.910. The highest BCUT2D eigenvalue weighted by Crippen LogP contribution is 2.44. The highest BCUT2D eigenvalue weighted by Gasteiger charge is 2.53.